The fourth-order valence-electron chi connectivity index (χ4n) is 3.10. The van der Waals surface area contributed by atoms with Crippen molar-refractivity contribution in [2.45, 2.75) is 39.2 Å². The third-order valence-corrected chi connectivity index (χ3v) is 4.98. The highest BCUT2D eigenvalue weighted by molar-refractivity contribution is 5.79. The molecule has 26 heavy (non-hydrogen) atoms. The molecule has 0 spiro atoms. The normalized spacial score (nSPS) is 16.3. The van der Waals surface area contributed by atoms with E-state index in [4.69, 9.17) is 0 Å². The summed E-state index contributed by atoms with van der Waals surface area (Å²) in [7, 11) is 0. The van der Waals surface area contributed by atoms with Crippen LogP contribution in [0.15, 0.2) is 36.4 Å². The summed E-state index contributed by atoms with van der Waals surface area (Å²) in [5.41, 5.74) is 1.56. The molecule has 2 heterocycles. The molecule has 2 aromatic rings. The number of hydrogen-bond donors (Lipinski definition) is 1. The lowest BCUT2D eigenvalue weighted by atomic mass is 9.95. The van der Waals surface area contributed by atoms with Gasteiger partial charge in [-0.3, -0.25) is 4.79 Å². The van der Waals surface area contributed by atoms with Crippen LogP contribution in [-0.4, -0.2) is 35.2 Å². The highest BCUT2D eigenvalue weighted by Gasteiger charge is 2.26. The Labute approximate surface area is 153 Å². The molecule has 0 bridgehead atoms. The van der Waals surface area contributed by atoms with E-state index in [9.17, 15) is 9.18 Å². The van der Waals surface area contributed by atoms with E-state index in [1.807, 2.05) is 19.1 Å². The maximum absolute atomic E-state index is 13.0. The molecule has 1 aromatic heterocycles. The second kappa shape index (κ2) is 8.25. The highest BCUT2D eigenvalue weighted by Crippen LogP contribution is 2.23. The summed E-state index contributed by atoms with van der Waals surface area (Å²) < 4.78 is 13.0. The van der Waals surface area contributed by atoms with Gasteiger partial charge in [0.1, 0.15) is 5.82 Å². The van der Waals surface area contributed by atoms with Crippen LogP contribution in [0.5, 0.6) is 0 Å². The Balaban J connectivity index is 1.58. The van der Waals surface area contributed by atoms with Gasteiger partial charge in [0.25, 0.3) is 0 Å². The predicted octanol–water partition coefficient (Wildman–Crippen LogP) is 3.41. The second-order valence-electron chi connectivity index (χ2n) is 6.86. The van der Waals surface area contributed by atoms with Crippen LogP contribution < -0.4 is 10.2 Å². The molecule has 1 amide bonds. The first-order valence-corrected chi connectivity index (χ1v) is 9.21. The van der Waals surface area contributed by atoms with Crippen molar-refractivity contribution in [2.75, 3.05) is 18.0 Å². The summed E-state index contributed by atoms with van der Waals surface area (Å²) in [6.45, 7) is 5.69. The first-order chi connectivity index (χ1) is 12.6. The Bertz CT molecular complexity index is 724. The minimum atomic E-state index is -0.265. The van der Waals surface area contributed by atoms with Gasteiger partial charge in [0.2, 0.25) is 5.91 Å². The van der Waals surface area contributed by atoms with Crippen molar-refractivity contribution in [3.8, 4) is 11.3 Å². The molecule has 5 nitrogen and oxygen atoms in total. The van der Waals surface area contributed by atoms with Crippen molar-refractivity contribution >= 4 is 11.7 Å². The van der Waals surface area contributed by atoms with Crippen LogP contribution in [-0.2, 0) is 4.79 Å². The molecule has 3 rings (SSSR count). The third-order valence-electron chi connectivity index (χ3n) is 4.98. The first kappa shape index (κ1) is 18.3. The van der Waals surface area contributed by atoms with E-state index in [1.165, 1.54) is 12.1 Å². The van der Waals surface area contributed by atoms with Gasteiger partial charge >= 0.3 is 0 Å². The van der Waals surface area contributed by atoms with E-state index in [2.05, 4.69) is 27.3 Å². The molecule has 1 fully saturated rings. The molecule has 0 saturated carbocycles. The number of carbonyl (C=O) groups is 1. The number of anilines is 1. The molecule has 138 valence electrons. The molecule has 1 saturated heterocycles. The van der Waals surface area contributed by atoms with E-state index in [1.54, 1.807) is 12.1 Å². The zero-order valence-corrected chi connectivity index (χ0v) is 15.3. The van der Waals surface area contributed by atoms with Crippen molar-refractivity contribution in [1.82, 2.24) is 15.5 Å². The fraction of sp³-hybridized carbons (Fsp3) is 0.450. The number of nitrogens with zero attached hydrogens (tertiary/aromatic N) is 3. The van der Waals surface area contributed by atoms with E-state index >= 15 is 0 Å². The van der Waals surface area contributed by atoms with E-state index < -0.39 is 0 Å². The number of nitrogens with one attached hydrogen (secondary N) is 1. The van der Waals surface area contributed by atoms with Crippen LogP contribution in [0.3, 0.4) is 0 Å². The number of rotatable bonds is 5. The summed E-state index contributed by atoms with van der Waals surface area (Å²) in [6.07, 6.45) is 2.59. The molecule has 1 atom stereocenters. The van der Waals surface area contributed by atoms with Crippen LogP contribution in [0, 0.1) is 11.7 Å². The summed E-state index contributed by atoms with van der Waals surface area (Å²) >= 11 is 0. The Hall–Kier alpha value is -2.50. The Morgan fingerprint density at radius 1 is 1.19 bits per heavy atom. The summed E-state index contributed by atoms with van der Waals surface area (Å²) in [4.78, 5) is 14.4. The van der Waals surface area contributed by atoms with Crippen LogP contribution in [0.4, 0.5) is 10.2 Å². The summed E-state index contributed by atoms with van der Waals surface area (Å²) in [6, 6.07) is 10.3. The van der Waals surface area contributed by atoms with Crippen molar-refractivity contribution in [3.05, 3.63) is 42.2 Å². The molecule has 6 heteroatoms. The molecule has 1 aliphatic rings. The number of aromatic nitrogens is 2. The summed E-state index contributed by atoms with van der Waals surface area (Å²) in [5.74, 6) is 0.790. The standard InChI is InChI=1S/C20H25FN4O/c1-3-14(2)22-20(26)16-10-12-25(13-11-16)19-9-8-18(23-24-19)15-4-6-17(21)7-5-15/h4-9,14,16H,3,10-13H2,1-2H3,(H,22,26)/t14-/m0/s1. The van der Waals surface area contributed by atoms with Gasteiger partial charge in [-0.25, -0.2) is 4.39 Å². The smallest absolute Gasteiger partial charge is 0.223 e. The van der Waals surface area contributed by atoms with Crippen molar-refractivity contribution < 1.29 is 9.18 Å². The lowest BCUT2D eigenvalue weighted by molar-refractivity contribution is -0.126. The molecule has 0 aliphatic carbocycles. The molecule has 1 aromatic carbocycles. The van der Waals surface area contributed by atoms with E-state index in [0.717, 1.165) is 49.4 Å². The number of piperidine rings is 1. The SMILES string of the molecule is CC[C@H](C)NC(=O)C1CCN(c2ccc(-c3ccc(F)cc3)nn2)CC1. The topological polar surface area (TPSA) is 58.1 Å². The Morgan fingerprint density at radius 2 is 1.88 bits per heavy atom. The minimum Gasteiger partial charge on any atom is -0.355 e. The van der Waals surface area contributed by atoms with E-state index in [0.29, 0.717) is 0 Å². The van der Waals surface area contributed by atoms with Gasteiger partial charge in [-0.1, -0.05) is 6.92 Å². The Morgan fingerprint density at radius 3 is 2.46 bits per heavy atom. The molecule has 1 N–H and O–H groups in total. The lowest BCUT2D eigenvalue weighted by Crippen LogP contribution is -2.43. The summed E-state index contributed by atoms with van der Waals surface area (Å²) in [5, 5.41) is 11.7. The monoisotopic (exact) mass is 356 g/mol. The zero-order valence-electron chi connectivity index (χ0n) is 15.3. The predicted molar refractivity (Wildman–Crippen MR) is 100 cm³/mol. The number of halogens is 1. The van der Waals surface area contributed by atoms with Gasteiger partial charge in [-0.15, -0.1) is 10.2 Å². The van der Waals surface area contributed by atoms with Crippen LogP contribution in [0.1, 0.15) is 33.1 Å². The molecule has 1 aliphatic heterocycles. The molecule has 0 unspecified atom stereocenters. The quantitative estimate of drug-likeness (QED) is 0.892. The van der Waals surface area contributed by atoms with Gasteiger partial charge in [0.15, 0.2) is 5.82 Å². The number of hydrogen-bond acceptors (Lipinski definition) is 4. The van der Waals surface area contributed by atoms with Crippen LogP contribution in [0.25, 0.3) is 11.3 Å². The zero-order chi connectivity index (χ0) is 18.5. The number of carbonyl (C=O) groups excluding carboxylic acids is 1. The fourth-order valence-corrected chi connectivity index (χ4v) is 3.10. The number of benzene rings is 1. The van der Waals surface area contributed by atoms with Crippen molar-refractivity contribution in [1.29, 1.82) is 0 Å². The average Bonchev–Trinajstić information content (AvgIpc) is 2.68. The Kier molecular flexibility index (Phi) is 5.81. The van der Waals surface area contributed by atoms with Crippen molar-refractivity contribution in [3.63, 3.8) is 0 Å². The molecular weight excluding hydrogens is 331 g/mol. The van der Waals surface area contributed by atoms with Crippen LogP contribution in [0.2, 0.25) is 0 Å². The van der Waals surface area contributed by atoms with Gasteiger partial charge in [0.05, 0.1) is 5.69 Å². The van der Waals surface area contributed by atoms with E-state index in [-0.39, 0.29) is 23.7 Å². The highest BCUT2D eigenvalue weighted by atomic mass is 19.1. The van der Waals surface area contributed by atoms with Crippen molar-refractivity contribution in [2.24, 2.45) is 5.92 Å². The van der Waals surface area contributed by atoms with Gasteiger partial charge in [-0.2, -0.15) is 0 Å². The first-order valence-electron chi connectivity index (χ1n) is 9.21. The lowest BCUT2D eigenvalue weighted by Gasteiger charge is -2.32. The molecular formula is C20H25FN4O. The van der Waals surface area contributed by atoms with Gasteiger partial charge in [-0.05, 0) is 62.6 Å². The van der Waals surface area contributed by atoms with Gasteiger partial charge in [0, 0.05) is 30.6 Å². The maximum atomic E-state index is 13.0. The third kappa shape index (κ3) is 4.36. The molecule has 0 radical (unpaired) electrons. The second-order valence-corrected chi connectivity index (χ2v) is 6.86. The number of amides is 1. The largest absolute Gasteiger partial charge is 0.355 e. The van der Waals surface area contributed by atoms with Crippen LogP contribution >= 0.6 is 0 Å². The average molecular weight is 356 g/mol. The van der Waals surface area contributed by atoms with Gasteiger partial charge < -0.3 is 10.2 Å². The maximum Gasteiger partial charge on any atom is 0.223 e. The minimum absolute atomic E-state index is 0.0756.